The van der Waals surface area contributed by atoms with Gasteiger partial charge in [0.2, 0.25) is 0 Å². The Kier molecular flexibility index (Phi) is 5.90. The van der Waals surface area contributed by atoms with E-state index in [1.807, 2.05) is 13.0 Å². The maximum atomic E-state index is 12.8. The number of thiophene rings is 1. The molecule has 2 N–H and O–H groups in total. The van der Waals surface area contributed by atoms with Crippen LogP contribution in [0, 0.1) is 29.9 Å². The summed E-state index contributed by atoms with van der Waals surface area (Å²) in [5.74, 6) is 0.551. The monoisotopic (exact) mass is 430 g/mol. The lowest BCUT2D eigenvalue weighted by atomic mass is 9.87. The van der Waals surface area contributed by atoms with E-state index in [1.54, 1.807) is 30.4 Å². The SMILES string of the molecule is Cc1cc2c(s1)CCC(CN[C@@H]1CC[C@@H](Oc3cccc([N+](=O)[O-])c3C)[C@@H]1O)C2=O. The highest BCUT2D eigenvalue weighted by molar-refractivity contribution is 7.12. The average molecular weight is 431 g/mol. The van der Waals surface area contributed by atoms with Crippen molar-refractivity contribution in [1.29, 1.82) is 0 Å². The number of aliphatic hydroxyl groups is 1. The third-order valence-corrected chi connectivity index (χ3v) is 7.31. The number of nitrogens with one attached hydrogen (secondary N) is 1. The first kappa shape index (κ1) is 21.0. The number of ketones is 1. The van der Waals surface area contributed by atoms with Crippen LogP contribution >= 0.6 is 11.3 Å². The number of ether oxygens (including phenoxy) is 1. The molecule has 1 aromatic heterocycles. The number of hydrogen-bond acceptors (Lipinski definition) is 7. The van der Waals surface area contributed by atoms with E-state index in [1.165, 1.54) is 15.8 Å². The van der Waals surface area contributed by atoms with Crippen LogP contribution in [0.15, 0.2) is 24.3 Å². The first-order valence-electron chi connectivity index (χ1n) is 10.3. The van der Waals surface area contributed by atoms with Gasteiger partial charge in [0.05, 0.1) is 10.5 Å². The highest BCUT2D eigenvalue weighted by atomic mass is 32.1. The molecule has 1 unspecified atom stereocenters. The number of carbonyl (C=O) groups excluding carboxylic acids is 1. The van der Waals surface area contributed by atoms with E-state index >= 15 is 0 Å². The second kappa shape index (κ2) is 8.45. The van der Waals surface area contributed by atoms with Gasteiger partial charge in [-0.05, 0) is 51.7 Å². The largest absolute Gasteiger partial charge is 0.487 e. The van der Waals surface area contributed by atoms with Crippen LogP contribution < -0.4 is 10.1 Å². The average Bonchev–Trinajstić information content (AvgIpc) is 3.25. The second-order valence-corrected chi connectivity index (χ2v) is 9.53. The molecule has 0 bridgehead atoms. The Bertz CT molecular complexity index is 972. The smallest absolute Gasteiger partial charge is 0.276 e. The fourth-order valence-corrected chi connectivity index (χ4v) is 5.54. The number of benzene rings is 1. The summed E-state index contributed by atoms with van der Waals surface area (Å²) in [6.45, 7) is 4.22. The van der Waals surface area contributed by atoms with Gasteiger partial charge in [-0.15, -0.1) is 11.3 Å². The summed E-state index contributed by atoms with van der Waals surface area (Å²) in [5.41, 5.74) is 1.33. The third kappa shape index (κ3) is 3.99. The highest BCUT2D eigenvalue weighted by Gasteiger charge is 2.38. The summed E-state index contributed by atoms with van der Waals surface area (Å²) in [6, 6.07) is 6.56. The molecule has 1 aromatic carbocycles. The molecule has 30 heavy (non-hydrogen) atoms. The van der Waals surface area contributed by atoms with Crippen molar-refractivity contribution in [3.05, 3.63) is 55.3 Å². The molecular formula is C22H26N2O5S. The van der Waals surface area contributed by atoms with Crippen LogP contribution in [0.4, 0.5) is 5.69 Å². The van der Waals surface area contributed by atoms with Gasteiger partial charge in [0.25, 0.3) is 5.69 Å². The molecule has 0 spiro atoms. The number of nitro groups is 1. The van der Waals surface area contributed by atoms with Crippen molar-refractivity contribution in [3.8, 4) is 5.75 Å². The number of hydrogen-bond donors (Lipinski definition) is 2. The zero-order valence-electron chi connectivity index (χ0n) is 17.1. The molecule has 1 saturated carbocycles. The fraction of sp³-hybridized carbons (Fsp3) is 0.500. The van der Waals surface area contributed by atoms with Gasteiger partial charge in [0.1, 0.15) is 18.0 Å². The number of aryl methyl sites for hydroxylation is 2. The van der Waals surface area contributed by atoms with Gasteiger partial charge in [-0.1, -0.05) is 6.07 Å². The quantitative estimate of drug-likeness (QED) is 0.537. The van der Waals surface area contributed by atoms with Crippen LogP contribution in [0.1, 0.15) is 44.9 Å². The van der Waals surface area contributed by atoms with E-state index in [4.69, 9.17) is 4.74 Å². The fourth-order valence-electron chi connectivity index (χ4n) is 4.49. The molecule has 1 fully saturated rings. The van der Waals surface area contributed by atoms with E-state index in [0.29, 0.717) is 24.3 Å². The maximum absolute atomic E-state index is 12.8. The van der Waals surface area contributed by atoms with Gasteiger partial charge in [-0.25, -0.2) is 0 Å². The lowest BCUT2D eigenvalue weighted by Gasteiger charge is -2.26. The van der Waals surface area contributed by atoms with Gasteiger partial charge in [0.15, 0.2) is 5.78 Å². The van der Waals surface area contributed by atoms with Gasteiger partial charge < -0.3 is 15.2 Å². The Morgan fingerprint density at radius 1 is 1.30 bits per heavy atom. The van der Waals surface area contributed by atoms with Crippen LogP contribution in [0.5, 0.6) is 5.75 Å². The Morgan fingerprint density at radius 2 is 2.10 bits per heavy atom. The first-order chi connectivity index (χ1) is 14.3. The van der Waals surface area contributed by atoms with Crippen molar-refractivity contribution in [2.45, 2.75) is 57.8 Å². The number of fused-ring (bicyclic) bond motifs is 1. The van der Waals surface area contributed by atoms with E-state index in [9.17, 15) is 20.0 Å². The molecule has 0 radical (unpaired) electrons. The topological polar surface area (TPSA) is 102 Å². The molecule has 2 aliphatic carbocycles. The molecule has 160 valence electrons. The molecular weight excluding hydrogens is 404 g/mol. The lowest BCUT2D eigenvalue weighted by Crippen LogP contribution is -2.44. The summed E-state index contributed by atoms with van der Waals surface area (Å²) >= 11 is 1.70. The Balaban J connectivity index is 1.35. The normalized spacial score (nSPS) is 25.9. The summed E-state index contributed by atoms with van der Waals surface area (Å²) in [4.78, 5) is 25.8. The van der Waals surface area contributed by atoms with Gasteiger partial charge in [0, 0.05) is 39.9 Å². The number of aliphatic hydroxyl groups excluding tert-OH is 1. The molecule has 7 nitrogen and oxygen atoms in total. The van der Waals surface area contributed by atoms with Crippen LogP contribution in [-0.4, -0.2) is 40.6 Å². The zero-order chi connectivity index (χ0) is 21.4. The predicted octanol–water partition coefficient (Wildman–Crippen LogP) is 3.58. The van der Waals surface area contributed by atoms with Gasteiger partial charge in [-0.3, -0.25) is 14.9 Å². The van der Waals surface area contributed by atoms with Crippen molar-refractivity contribution in [3.63, 3.8) is 0 Å². The zero-order valence-corrected chi connectivity index (χ0v) is 17.9. The molecule has 0 saturated heterocycles. The van der Waals surface area contributed by atoms with Crippen molar-refractivity contribution in [2.75, 3.05) is 6.54 Å². The van der Waals surface area contributed by atoms with Crippen molar-refractivity contribution in [1.82, 2.24) is 5.32 Å². The molecule has 2 aliphatic rings. The summed E-state index contributed by atoms with van der Waals surface area (Å²) < 4.78 is 5.94. The number of nitrogens with zero attached hydrogens (tertiary/aromatic N) is 1. The van der Waals surface area contributed by atoms with E-state index in [2.05, 4.69) is 5.32 Å². The second-order valence-electron chi connectivity index (χ2n) is 8.19. The Labute approximate surface area is 179 Å². The molecule has 2 aromatic rings. The number of Topliss-reactive ketones (excluding diaryl/α,β-unsaturated/α-hetero) is 1. The van der Waals surface area contributed by atoms with Crippen LogP contribution in [0.2, 0.25) is 0 Å². The minimum atomic E-state index is -0.735. The minimum Gasteiger partial charge on any atom is -0.487 e. The van der Waals surface area contributed by atoms with E-state index in [-0.39, 0.29) is 23.4 Å². The van der Waals surface area contributed by atoms with Crippen LogP contribution in [0.3, 0.4) is 0 Å². The Hall–Kier alpha value is -2.29. The number of carbonyl (C=O) groups is 1. The predicted molar refractivity (Wildman–Crippen MR) is 114 cm³/mol. The van der Waals surface area contributed by atoms with E-state index < -0.39 is 17.1 Å². The number of nitro benzene ring substituents is 1. The molecule has 0 amide bonds. The van der Waals surface area contributed by atoms with Crippen LogP contribution in [0.25, 0.3) is 0 Å². The summed E-state index contributed by atoms with van der Waals surface area (Å²) in [6.07, 6.45) is 1.96. The molecule has 0 aliphatic heterocycles. The summed E-state index contributed by atoms with van der Waals surface area (Å²) in [5, 5.41) is 25.2. The van der Waals surface area contributed by atoms with Crippen molar-refractivity contribution < 1.29 is 19.6 Å². The molecule has 8 heteroatoms. The summed E-state index contributed by atoms with van der Waals surface area (Å²) in [7, 11) is 0. The standard InChI is InChI=1S/C22H26N2O5S/c1-12-10-15-20(30-12)9-6-14(21(15)25)11-23-16-7-8-19(22(16)26)29-18-5-3-4-17(13(18)2)24(27)28/h3-5,10,14,16,19,22-23,26H,6-9,11H2,1-2H3/t14?,16-,19-,22-/m1/s1. The van der Waals surface area contributed by atoms with Gasteiger partial charge >= 0.3 is 0 Å². The third-order valence-electron chi connectivity index (χ3n) is 6.20. The number of rotatable bonds is 6. The molecule has 4 rings (SSSR count). The first-order valence-corrected chi connectivity index (χ1v) is 11.1. The highest BCUT2D eigenvalue weighted by Crippen LogP contribution is 2.33. The molecule has 4 atom stereocenters. The maximum Gasteiger partial charge on any atom is 0.276 e. The van der Waals surface area contributed by atoms with E-state index in [0.717, 1.165) is 24.8 Å². The van der Waals surface area contributed by atoms with Crippen molar-refractivity contribution >= 4 is 22.8 Å². The van der Waals surface area contributed by atoms with Gasteiger partial charge in [-0.2, -0.15) is 0 Å². The Morgan fingerprint density at radius 3 is 2.87 bits per heavy atom. The van der Waals surface area contributed by atoms with Crippen LogP contribution in [-0.2, 0) is 6.42 Å². The minimum absolute atomic E-state index is 0.00788. The lowest BCUT2D eigenvalue weighted by molar-refractivity contribution is -0.385. The molecule has 1 heterocycles. The van der Waals surface area contributed by atoms with Crippen molar-refractivity contribution in [2.24, 2.45) is 5.92 Å².